The molecular weight excluding hydrogens is 239 g/mol. The summed E-state index contributed by atoms with van der Waals surface area (Å²) in [7, 11) is 0. The third kappa shape index (κ3) is 3.35. The number of halogens is 2. The fourth-order valence-electron chi connectivity index (χ4n) is 3.53. The first-order valence-corrected chi connectivity index (χ1v) is 7.31. The Labute approximate surface area is 111 Å². The van der Waals surface area contributed by atoms with Gasteiger partial charge in [0.2, 0.25) is 0 Å². The molecule has 0 amide bonds. The molecule has 104 valence electrons. The van der Waals surface area contributed by atoms with E-state index >= 15 is 0 Å². The molecule has 0 heterocycles. The SMILES string of the molecule is CC1CCC(C2CCC(C)C(Cl)C2F)CC1.O.[HH]. The lowest BCUT2D eigenvalue weighted by atomic mass is 9.69. The Bertz CT molecular complexity index is 234. The molecule has 0 aromatic carbocycles. The van der Waals surface area contributed by atoms with Crippen molar-refractivity contribution in [3.8, 4) is 0 Å². The minimum atomic E-state index is -0.760. The quantitative estimate of drug-likeness (QED) is 0.637. The van der Waals surface area contributed by atoms with Crippen molar-refractivity contribution >= 4 is 11.6 Å². The number of hydrogen-bond donors (Lipinski definition) is 0. The molecule has 4 unspecified atom stereocenters. The van der Waals surface area contributed by atoms with Crippen molar-refractivity contribution in [1.82, 2.24) is 0 Å². The van der Waals surface area contributed by atoms with Crippen LogP contribution >= 0.6 is 11.6 Å². The lowest BCUT2D eigenvalue weighted by Gasteiger charge is -2.40. The monoisotopic (exact) mass is 266 g/mol. The van der Waals surface area contributed by atoms with Crippen LogP contribution in [0.5, 0.6) is 0 Å². The summed E-state index contributed by atoms with van der Waals surface area (Å²) in [6.07, 6.45) is 6.45. The van der Waals surface area contributed by atoms with Crippen molar-refractivity contribution in [3.05, 3.63) is 0 Å². The molecule has 2 N–H and O–H groups in total. The third-order valence-electron chi connectivity index (χ3n) is 4.88. The van der Waals surface area contributed by atoms with Gasteiger partial charge in [-0.3, -0.25) is 0 Å². The predicted molar refractivity (Wildman–Crippen MR) is 73.3 cm³/mol. The fraction of sp³-hybridized carbons (Fsp3) is 1.00. The summed E-state index contributed by atoms with van der Waals surface area (Å²) in [5.74, 6) is 2.07. The molecule has 2 aliphatic rings. The topological polar surface area (TPSA) is 31.5 Å². The van der Waals surface area contributed by atoms with Crippen LogP contribution in [0.2, 0.25) is 0 Å². The summed E-state index contributed by atoms with van der Waals surface area (Å²) in [6, 6.07) is 0. The summed E-state index contributed by atoms with van der Waals surface area (Å²) in [4.78, 5) is 0. The van der Waals surface area contributed by atoms with Crippen LogP contribution in [-0.4, -0.2) is 17.0 Å². The second-order valence-electron chi connectivity index (χ2n) is 6.13. The zero-order valence-corrected chi connectivity index (χ0v) is 11.7. The predicted octanol–water partition coefficient (Wildman–Crippen LogP) is 4.23. The molecule has 17 heavy (non-hydrogen) atoms. The molecule has 0 aromatic heterocycles. The van der Waals surface area contributed by atoms with Gasteiger partial charge in [0, 0.05) is 1.43 Å². The van der Waals surface area contributed by atoms with Crippen LogP contribution < -0.4 is 0 Å². The highest BCUT2D eigenvalue weighted by atomic mass is 35.5. The van der Waals surface area contributed by atoms with Gasteiger partial charge in [0.1, 0.15) is 6.17 Å². The van der Waals surface area contributed by atoms with Crippen LogP contribution in [0.3, 0.4) is 0 Å². The van der Waals surface area contributed by atoms with Gasteiger partial charge in [-0.25, -0.2) is 4.39 Å². The van der Waals surface area contributed by atoms with E-state index < -0.39 is 6.17 Å². The maximum Gasteiger partial charge on any atom is 0.120 e. The lowest BCUT2D eigenvalue weighted by molar-refractivity contribution is 0.0680. The molecule has 0 saturated heterocycles. The van der Waals surface area contributed by atoms with Crippen LogP contribution in [0.1, 0.15) is 53.8 Å². The van der Waals surface area contributed by atoms with Crippen LogP contribution in [0.4, 0.5) is 4.39 Å². The summed E-state index contributed by atoms with van der Waals surface area (Å²) < 4.78 is 14.2. The molecule has 0 aliphatic heterocycles. The lowest BCUT2D eigenvalue weighted by Crippen LogP contribution is -2.40. The highest BCUT2D eigenvalue weighted by molar-refractivity contribution is 6.21. The second-order valence-corrected chi connectivity index (χ2v) is 6.63. The minimum absolute atomic E-state index is 0. The van der Waals surface area contributed by atoms with Gasteiger partial charge in [0.15, 0.2) is 0 Å². The molecule has 0 spiro atoms. The fourth-order valence-corrected chi connectivity index (χ4v) is 3.85. The van der Waals surface area contributed by atoms with Gasteiger partial charge in [-0.05, 0) is 49.4 Å². The highest BCUT2D eigenvalue weighted by Crippen LogP contribution is 2.44. The molecule has 2 fully saturated rings. The molecule has 0 bridgehead atoms. The van der Waals surface area contributed by atoms with Crippen molar-refractivity contribution in [1.29, 1.82) is 0 Å². The zero-order chi connectivity index (χ0) is 11.7. The maximum atomic E-state index is 14.2. The van der Waals surface area contributed by atoms with E-state index in [2.05, 4.69) is 13.8 Å². The Morgan fingerprint density at radius 3 is 2.18 bits per heavy atom. The van der Waals surface area contributed by atoms with Crippen molar-refractivity contribution in [2.75, 3.05) is 0 Å². The molecule has 0 aromatic rings. The largest absolute Gasteiger partial charge is 0.412 e. The molecule has 0 radical (unpaired) electrons. The van der Waals surface area contributed by atoms with Gasteiger partial charge in [0.25, 0.3) is 0 Å². The van der Waals surface area contributed by atoms with Gasteiger partial charge in [-0.1, -0.05) is 26.7 Å². The van der Waals surface area contributed by atoms with E-state index in [1.165, 1.54) is 25.7 Å². The zero-order valence-electron chi connectivity index (χ0n) is 11.0. The second kappa shape index (κ2) is 6.38. The highest BCUT2D eigenvalue weighted by Gasteiger charge is 2.40. The van der Waals surface area contributed by atoms with Crippen LogP contribution in [-0.2, 0) is 0 Å². The maximum absolute atomic E-state index is 14.2. The van der Waals surface area contributed by atoms with Gasteiger partial charge < -0.3 is 5.48 Å². The Morgan fingerprint density at radius 2 is 1.59 bits per heavy atom. The minimum Gasteiger partial charge on any atom is -0.412 e. The Balaban J connectivity index is 0.00000144. The summed E-state index contributed by atoms with van der Waals surface area (Å²) in [6.45, 7) is 4.40. The van der Waals surface area contributed by atoms with Gasteiger partial charge in [-0.15, -0.1) is 11.6 Å². The molecule has 2 aliphatic carbocycles. The normalized spacial score (nSPS) is 47.3. The van der Waals surface area contributed by atoms with Gasteiger partial charge in [-0.2, -0.15) is 0 Å². The first-order valence-electron chi connectivity index (χ1n) is 6.87. The van der Waals surface area contributed by atoms with Crippen molar-refractivity contribution in [3.63, 3.8) is 0 Å². The molecule has 2 saturated carbocycles. The Kier molecular flexibility index (Phi) is 5.72. The van der Waals surface area contributed by atoms with Crippen LogP contribution in [0, 0.1) is 23.7 Å². The molecular formula is C14H28ClFO. The standard InChI is InChI=1S/C14H24ClF.H2O.H2/c1-9-3-6-11(7-4-9)12-8-5-10(2)13(15)14(12)16;;/h9-14H,3-8H2,1-2H3;1H2;1H. The van der Waals surface area contributed by atoms with Crippen molar-refractivity contribution in [2.45, 2.75) is 63.9 Å². The average Bonchev–Trinajstić information content (AvgIpc) is 2.28. The first kappa shape index (κ1) is 15.2. The van der Waals surface area contributed by atoms with E-state index in [9.17, 15) is 4.39 Å². The van der Waals surface area contributed by atoms with E-state index in [1.54, 1.807) is 0 Å². The van der Waals surface area contributed by atoms with Crippen molar-refractivity contribution in [2.24, 2.45) is 23.7 Å². The summed E-state index contributed by atoms with van der Waals surface area (Å²) in [5, 5.41) is -0.238. The van der Waals surface area contributed by atoms with E-state index in [0.717, 1.165) is 18.8 Å². The van der Waals surface area contributed by atoms with Gasteiger partial charge >= 0.3 is 0 Å². The summed E-state index contributed by atoms with van der Waals surface area (Å²) in [5.41, 5.74) is 0. The smallest absolute Gasteiger partial charge is 0.120 e. The van der Waals surface area contributed by atoms with Crippen LogP contribution in [0.15, 0.2) is 0 Å². The number of hydrogen-bond acceptors (Lipinski definition) is 0. The molecule has 3 heteroatoms. The molecule has 1 nitrogen and oxygen atoms in total. The number of rotatable bonds is 1. The van der Waals surface area contributed by atoms with E-state index in [-0.39, 0.29) is 18.2 Å². The third-order valence-corrected chi connectivity index (χ3v) is 5.55. The van der Waals surface area contributed by atoms with E-state index in [0.29, 0.717) is 11.8 Å². The van der Waals surface area contributed by atoms with Crippen molar-refractivity contribution < 1.29 is 11.3 Å². The summed E-state index contributed by atoms with van der Waals surface area (Å²) >= 11 is 6.19. The molecule has 4 atom stereocenters. The average molecular weight is 267 g/mol. The molecule has 2 rings (SSSR count). The van der Waals surface area contributed by atoms with E-state index in [1.807, 2.05) is 0 Å². The number of alkyl halides is 2. The van der Waals surface area contributed by atoms with Crippen LogP contribution in [0.25, 0.3) is 0 Å². The Hall–Kier alpha value is 0.180. The Morgan fingerprint density at radius 1 is 1.00 bits per heavy atom. The van der Waals surface area contributed by atoms with Gasteiger partial charge in [0.05, 0.1) is 5.38 Å². The van der Waals surface area contributed by atoms with E-state index in [4.69, 9.17) is 11.6 Å². The first-order chi connectivity index (χ1) is 7.59.